The van der Waals surface area contributed by atoms with Crippen LogP contribution in [0.2, 0.25) is 0 Å². The van der Waals surface area contributed by atoms with Crippen LogP contribution in [0.1, 0.15) is 38.1 Å². The standard InChI is InChI=1S/C21H25NO5/c1-5-25-18-13-12-17(14-19(18)26-6-2)22(21(24)27-15(3)4)20(23)16-10-8-7-9-11-16/h7-15H,5-6H2,1-4H3. The molecule has 0 spiro atoms. The molecular weight excluding hydrogens is 346 g/mol. The van der Waals surface area contributed by atoms with Crippen molar-refractivity contribution in [1.82, 2.24) is 0 Å². The molecule has 0 saturated heterocycles. The average molecular weight is 371 g/mol. The number of amides is 2. The second kappa shape index (κ2) is 9.62. The van der Waals surface area contributed by atoms with Gasteiger partial charge in [0.25, 0.3) is 5.91 Å². The van der Waals surface area contributed by atoms with Crippen molar-refractivity contribution in [2.45, 2.75) is 33.8 Å². The summed E-state index contributed by atoms with van der Waals surface area (Å²) in [6.07, 6.45) is -1.11. The smallest absolute Gasteiger partial charge is 0.421 e. The highest BCUT2D eigenvalue weighted by Gasteiger charge is 2.28. The van der Waals surface area contributed by atoms with E-state index in [4.69, 9.17) is 14.2 Å². The Hall–Kier alpha value is -3.02. The summed E-state index contributed by atoms with van der Waals surface area (Å²) in [4.78, 5) is 26.7. The number of hydrogen-bond acceptors (Lipinski definition) is 5. The first kappa shape index (κ1) is 20.3. The van der Waals surface area contributed by atoms with Crippen LogP contribution >= 0.6 is 0 Å². The lowest BCUT2D eigenvalue weighted by atomic mass is 10.2. The highest BCUT2D eigenvalue weighted by Crippen LogP contribution is 2.33. The molecule has 0 saturated carbocycles. The minimum Gasteiger partial charge on any atom is -0.490 e. The van der Waals surface area contributed by atoms with Gasteiger partial charge in [0, 0.05) is 11.6 Å². The fourth-order valence-electron chi connectivity index (χ4n) is 2.45. The third-order valence-corrected chi connectivity index (χ3v) is 3.53. The second-order valence-electron chi connectivity index (χ2n) is 5.94. The Morgan fingerprint density at radius 3 is 2.15 bits per heavy atom. The van der Waals surface area contributed by atoms with Crippen molar-refractivity contribution in [2.75, 3.05) is 18.1 Å². The van der Waals surface area contributed by atoms with Crippen molar-refractivity contribution >= 4 is 17.7 Å². The predicted molar refractivity (Wildman–Crippen MR) is 104 cm³/mol. The summed E-state index contributed by atoms with van der Waals surface area (Å²) in [6, 6.07) is 13.5. The maximum Gasteiger partial charge on any atom is 0.421 e. The van der Waals surface area contributed by atoms with Gasteiger partial charge in [0.05, 0.1) is 25.0 Å². The molecule has 0 bridgehead atoms. The van der Waals surface area contributed by atoms with Crippen molar-refractivity contribution in [2.24, 2.45) is 0 Å². The Kier molecular flexibility index (Phi) is 7.23. The predicted octanol–water partition coefficient (Wildman–Crippen LogP) is 4.68. The van der Waals surface area contributed by atoms with Gasteiger partial charge in [0.15, 0.2) is 11.5 Å². The molecular formula is C21H25NO5. The van der Waals surface area contributed by atoms with Gasteiger partial charge < -0.3 is 14.2 Å². The molecule has 0 aliphatic heterocycles. The first-order valence-corrected chi connectivity index (χ1v) is 8.97. The van der Waals surface area contributed by atoms with Gasteiger partial charge in [-0.1, -0.05) is 18.2 Å². The monoisotopic (exact) mass is 371 g/mol. The Balaban J connectivity index is 2.48. The molecule has 0 aliphatic rings. The van der Waals surface area contributed by atoms with Crippen LogP contribution in [0.15, 0.2) is 48.5 Å². The van der Waals surface area contributed by atoms with Crippen LogP contribution in [0.3, 0.4) is 0 Å². The van der Waals surface area contributed by atoms with Gasteiger partial charge in [-0.3, -0.25) is 4.79 Å². The number of imide groups is 1. The molecule has 144 valence electrons. The number of ether oxygens (including phenoxy) is 3. The van der Waals surface area contributed by atoms with E-state index in [1.165, 1.54) is 0 Å². The van der Waals surface area contributed by atoms with Crippen LogP contribution in [0.4, 0.5) is 10.5 Å². The number of hydrogen-bond donors (Lipinski definition) is 0. The van der Waals surface area contributed by atoms with Crippen molar-refractivity contribution < 1.29 is 23.8 Å². The van der Waals surface area contributed by atoms with Gasteiger partial charge >= 0.3 is 6.09 Å². The Morgan fingerprint density at radius 1 is 0.926 bits per heavy atom. The van der Waals surface area contributed by atoms with Gasteiger partial charge in [0.1, 0.15) is 0 Å². The zero-order valence-corrected chi connectivity index (χ0v) is 16.1. The fourth-order valence-corrected chi connectivity index (χ4v) is 2.45. The Bertz CT molecular complexity index is 773. The van der Waals surface area contributed by atoms with Crippen molar-refractivity contribution in [3.05, 3.63) is 54.1 Å². The lowest BCUT2D eigenvalue weighted by Crippen LogP contribution is -2.38. The second-order valence-corrected chi connectivity index (χ2v) is 5.94. The summed E-state index contributed by atoms with van der Waals surface area (Å²) in [5.74, 6) is 0.528. The van der Waals surface area contributed by atoms with Crippen LogP contribution in [-0.4, -0.2) is 31.3 Å². The Labute approximate surface area is 159 Å². The first-order valence-electron chi connectivity index (χ1n) is 8.97. The molecule has 0 fully saturated rings. The lowest BCUT2D eigenvalue weighted by Gasteiger charge is -2.23. The van der Waals surface area contributed by atoms with E-state index in [1.54, 1.807) is 62.4 Å². The summed E-state index contributed by atoms with van der Waals surface area (Å²) in [7, 11) is 0. The van der Waals surface area contributed by atoms with Crippen LogP contribution in [0.25, 0.3) is 0 Å². The number of benzene rings is 2. The summed E-state index contributed by atoms with van der Waals surface area (Å²) >= 11 is 0. The van der Waals surface area contributed by atoms with E-state index in [0.717, 1.165) is 4.90 Å². The topological polar surface area (TPSA) is 65.1 Å². The summed E-state index contributed by atoms with van der Waals surface area (Å²) in [6.45, 7) is 8.07. The molecule has 2 aromatic rings. The summed E-state index contributed by atoms with van der Waals surface area (Å²) in [5.41, 5.74) is 0.728. The largest absolute Gasteiger partial charge is 0.490 e. The number of anilines is 1. The number of carbonyl (C=O) groups excluding carboxylic acids is 2. The van der Waals surface area contributed by atoms with Gasteiger partial charge in [-0.25, -0.2) is 9.69 Å². The number of rotatable bonds is 7. The zero-order chi connectivity index (χ0) is 19.8. The molecule has 0 atom stereocenters. The molecule has 2 amide bonds. The molecule has 2 rings (SSSR count). The van der Waals surface area contributed by atoms with Gasteiger partial charge in [-0.2, -0.15) is 0 Å². The minimum atomic E-state index is -0.745. The van der Waals surface area contributed by atoms with E-state index >= 15 is 0 Å². The van der Waals surface area contributed by atoms with E-state index in [2.05, 4.69) is 0 Å². The van der Waals surface area contributed by atoms with Crippen molar-refractivity contribution in [3.63, 3.8) is 0 Å². The first-order chi connectivity index (χ1) is 13.0. The molecule has 2 aromatic carbocycles. The minimum absolute atomic E-state index is 0.349. The quantitative estimate of drug-likeness (QED) is 0.707. The van der Waals surface area contributed by atoms with E-state index in [9.17, 15) is 9.59 Å². The van der Waals surface area contributed by atoms with E-state index in [0.29, 0.717) is 36.0 Å². The highest BCUT2D eigenvalue weighted by atomic mass is 16.6. The Morgan fingerprint density at radius 2 is 1.56 bits per heavy atom. The van der Waals surface area contributed by atoms with Crippen LogP contribution < -0.4 is 14.4 Å². The van der Waals surface area contributed by atoms with Gasteiger partial charge in [-0.15, -0.1) is 0 Å². The van der Waals surface area contributed by atoms with Crippen molar-refractivity contribution in [3.8, 4) is 11.5 Å². The van der Waals surface area contributed by atoms with E-state index in [1.807, 2.05) is 13.8 Å². The lowest BCUT2D eigenvalue weighted by molar-refractivity contribution is 0.0933. The van der Waals surface area contributed by atoms with E-state index in [-0.39, 0.29) is 6.10 Å². The zero-order valence-electron chi connectivity index (χ0n) is 16.1. The van der Waals surface area contributed by atoms with Crippen molar-refractivity contribution in [1.29, 1.82) is 0 Å². The molecule has 0 N–H and O–H groups in total. The summed E-state index contributed by atoms with van der Waals surface area (Å²) < 4.78 is 16.4. The highest BCUT2D eigenvalue weighted by molar-refractivity contribution is 6.19. The molecule has 6 heteroatoms. The molecule has 0 radical (unpaired) electrons. The SMILES string of the molecule is CCOc1ccc(N(C(=O)OC(C)C)C(=O)c2ccccc2)cc1OCC. The van der Waals surface area contributed by atoms with E-state index < -0.39 is 12.0 Å². The maximum absolute atomic E-state index is 13.0. The van der Waals surface area contributed by atoms with Gasteiger partial charge in [-0.05, 0) is 52.0 Å². The molecule has 0 aromatic heterocycles. The molecule has 0 heterocycles. The van der Waals surface area contributed by atoms with Crippen LogP contribution in [0.5, 0.6) is 11.5 Å². The molecule has 27 heavy (non-hydrogen) atoms. The average Bonchev–Trinajstić information content (AvgIpc) is 2.64. The normalized spacial score (nSPS) is 10.4. The van der Waals surface area contributed by atoms with Crippen LogP contribution in [0, 0.1) is 0 Å². The molecule has 0 aliphatic carbocycles. The number of carbonyl (C=O) groups is 2. The summed E-state index contributed by atoms with van der Waals surface area (Å²) in [5, 5.41) is 0. The molecule has 6 nitrogen and oxygen atoms in total. The maximum atomic E-state index is 13.0. The third kappa shape index (κ3) is 5.23. The third-order valence-electron chi connectivity index (χ3n) is 3.53. The number of nitrogens with zero attached hydrogens (tertiary/aromatic N) is 1. The van der Waals surface area contributed by atoms with Gasteiger partial charge in [0.2, 0.25) is 0 Å². The molecule has 0 unspecified atom stereocenters. The van der Waals surface area contributed by atoms with Crippen LogP contribution in [-0.2, 0) is 4.74 Å². The fraction of sp³-hybridized carbons (Fsp3) is 0.333.